The lowest BCUT2D eigenvalue weighted by molar-refractivity contribution is -0.384. The van der Waals surface area contributed by atoms with Crippen molar-refractivity contribution in [2.24, 2.45) is 0 Å². The molecule has 3 aromatic rings. The lowest BCUT2D eigenvalue weighted by Crippen LogP contribution is -2.44. The van der Waals surface area contributed by atoms with Gasteiger partial charge in [0.05, 0.1) is 15.1 Å². The third-order valence-corrected chi connectivity index (χ3v) is 6.03. The van der Waals surface area contributed by atoms with Crippen LogP contribution >= 0.6 is 11.3 Å². The highest BCUT2D eigenvalue weighted by atomic mass is 32.1. The Balaban J connectivity index is 1.41. The number of nitro groups is 1. The Morgan fingerprint density at radius 2 is 1.90 bits per heavy atom. The van der Waals surface area contributed by atoms with Gasteiger partial charge in [0.25, 0.3) is 5.69 Å². The summed E-state index contributed by atoms with van der Waals surface area (Å²) in [6.45, 7) is 3.98. The van der Waals surface area contributed by atoms with E-state index in [0.29, 0.717) is 11.3 Å². The van der Waals surface area contributed by atoms with Crippen LogP contribution in [0.25, 0.3) is 16.3 Å². The van der Waals surface area contributed by atoms with Gasteiger partial charge >= 0.3 is 0 Å². The number of carbonyl (C=O) groups excluding carboxylic acids is 1. The van der Waals surface area contributed by atoms with E-state index in [0.717, 1.165) is 41.5 Å². The van der Waals surface area contributed by atoms with Crippen molar-refractivity contribution >= 4 is 50.0 Å². The van der Waals surface area contributed by atoms with E-state index in [4.69, 9.17) is 4.98 Å². The van der Waals surface area contributed by atoms with Gasteiger partial charge in [-0.1, -0.05) is 11.3 Å². The molecule has 0 spiro atoms. The minimum Gasteiger partial charge on any atom is -0.345 e. The van der Waals surface area contributed by atoms with Gasteiger partial charge in [-0.05, 0) is 49.0 Å². The maximum absolute atomic E-state index is 12.2. The van der Waals surface area contributed by atoms with Crippen LogP contribution in [-0.4, -0.2) is 53.9 Å². The van der Waals surface area contributed by atoms with Crippen molar-refractivity contribution in [1.82, 2.24) is 9.88 Å². The predicted molar refractivity (Wildman–Crippen MR) is 120 cm³/mol. The topological polar surface area (TPSA) is 91.6 Å². The van der Waals surface area contributed by atoms with Crippen LogP contribution in [0.5, 0.6) is 0 Å². The van der Waals surface area contributed by atoms with Gasteiger partial charge in [-0.2, -0.15) is 0 Å². The summed E-state index contributed by atoms with van der Waals surface area (Å²) in [5, 5.41) is 14.6. The first-order chi connectivity index (χ1) is 14.5. The molecule has 1 aliphatic heterocycles. The molecule has 4 rings (SSSR count). The fourth-order valence-corrected chi connectivity index (χ4v) is 4.24. The molecule has 9 heteroatoms. The van der Waals surface area contributed by atoms with Crippen LogP contribution in [0, 0.1) is 10.1 Å². The van der Waals surface area contributed by atoms with E-state index in [9.17, 15) is 14.9 Å². The first-order valence-corrected chi connectivity index (χ1v) is 10.4. The number of rotatable bonds is 5. The number of non-ortho nitro benzene ring substituents is 1. The number of piperazine rings is 1. The molecule has 8 nitrogen and oxygen atoms in total. The molecular weight excluding hydrogens is 402 g/mol. The molecular formula is C21H21N5O3S. The van der Waals surface area contributed by atoms with Crippen molar-refractivity contribution in [3.05, 3.63) is 64.2 Å². The van der Waals surface area contributed by atoms with E-state index in [1.807, 2.05) is 18.2 Å². The van der Waals surface area contributed by atoms with Crippen LogP contribution in [-0.2, 0) is 4.79 Å². The number of benzene rings is 2. The van der Waals surface area contributed by atoms with Crippen LogP contribution in [0.15, 0.2) is 48.5 Å². The fourth-order valence-electron chi connectivity index (χ4n) is 3.19. The monoisotopic (exact) mass is 423 g/mol. The molecule has 0 unspecified atom stereocenters. The first-order valence-electron chi connectivity index (χ1n) is 9.55. The van der Waals surface area contributed by atoms with E-state index in [1.54, 1.807) is 29.5 Å². The molecule has 2 heterocycles. The molecule has 2 aromatic carbocycles. The van der Waals surface area contributed by atoms with Crippen LogP contribution in [0.1, 0.15) is 5.56 Å². The second-order valence-electron chi connectivity index (χ2n) is 7.14. The first kappa shape index (κ1) is 20.0. The predicted octanol–water partition coefficient (Wildman–Crippen LogP) is 3.61. The summed E-state index contributed by atoms with van der Waals surface area (Å²) < 4.78 is 1.03. The van der Waals surface area contributed by atoms with Crippen LogP contribution in [0.4, 0.5) is 16.5 Å². The number of aromatic nitrogens is 1. The van der Waals surface area contributed by atoms with Crippen LogP contribution in [0.2, 0.25) is 0 Å². The Hall–Kier alpha value is -3.30. The standard InChI is InChI=1S/C21H21N5O3S/c1-24-10-12-25(13-11-24)21-23-18-8-5-16(14-19(18)30-21)22-20(27)9-4-15-2-6-17(7-3-15)26(28)29/h2-9,14H,10-13H2,1H3,(H,22,27)/b9-4+. The number of anilines is 2. The van der Waals surface area contributed by atoms with Gasteiger partial charge in [0.1, 0.15) is 0 Å². The smallest absolute Gasteiger partial charge is 0.269 e. The Morgan fingerprint density at radius 1 is 1.17 bits per heavy atom. The number of nitrogens with zero attached hydrogens (tertiary/aromatic N) is 4. The molecule has 1 N–H and O–H groups in total. The average Bonchev–Trinajstić information content (AvgIpc) is 3.16. The third kappa shape index (κ3) is 4.64. The second-order valence-corrected chi connectivity index (χ2v) is 8.15. The van der Waals surface area contributed by atoms with E-state index < -0.39 is 4.92 Å². The Labute approximate surface area is 177 Å². The van der Waals surface area contributed by atoms with E-state index in [2.05, 4.69) is 22.2 Å². The summed E-state index contributed by atoms with van der Waals surface area (Å²) in [7, 11) is 2.13. The van der Waals surface area contributed by atoms with Crippen molar-refractivity contribution in [2.75, 3.05) is 43.4 Å². The SMILES string of the molecule is CN1CCN(c2nc3ccc(NC(=O)/C=C/c4ccc([N+](=O)[O-])cc4)cc3s2)CC1. The van der Waals surface area contributed by atoms with E-state index >= 15 is 0 Å². The van der Waals surface area contributed by atoms with Crippen molar-refractivity contribution in [2.45, 2.75) is 0 Å². The molecule has 1 fully saturated rings. The summed E-state index contributed by atoms with van der Waals surface area (Å²) >= 11 is 1.63. The number of hydrogen-bond acceptors (Lipinski definition) is 7. The van der Waals surface area contributed by atoms with Gasteiger partial charge in [-0.25, -0.2) is 4.98 Å². The zero-order chi connectivity index (χ0) is 21.1. The van der Waals surface area contributed by atoms with Gasteiger partial charge in [-0.3, -0.25) is 14.9 Å². The maximum Gasteiger partial charge on any atom is 0.269 e. The lowest BCUT2D eigenvalue weighted by atomic mass is 10.2. The van der Waals surface area contributed by atoms with Gasteiger partial charge in [0.2, 0.25) is 5.91 Å². The number of nitrogens with one attached hydrogen (secondary N) is 1. The Bertz CT molecular complexity index is 1100. The number of amides is 1. The molecule has 0 aliphatic carbocycles. The highest BCUT2D eigenvalue weighted by Crippen LogP contribution is 2.31. The third-order valence-electron chi connectivity index (χ3n) is 4.95. The van der Waals surface area contributed by atoms with E-state index in [1.165, 1.54) is 18.2 Å². The Morgan fingerprint density at radius 3 is 2.60 bits per heavy atom. The summed E-state index contributed by atoms with van der Waals surface area (Å²) in [6.07, 6.45) is 3.03. The molecule has 30 heavy (non-hydrogen) atoms. The Kier molecular flexibility index (Phi) is 5.73. The molecule has 1 aromatic heterocycles. The molecule has 1 saturated heterocycles. The quantitative estimate of drug-likeness (QED) is 0.383. The summed E-state index contributed by atoms with van der Waals surface area (Å²) in [4.78, 5) is 31.8. The minimum atomic E-state index is -0.453. The highest BCUT2D eigenvalue weighted by Gasteiger charge is 2.17. The zero-order valence-electron chi connectivity index (χ0n) is 16.4. The van der Waals surface area contributed by atoms with Gasteiger partial charge in [0, 0.05) is 50.1 Å². The molecule has 0 saturated carbocycles. The molecule has 0 atom stereocenters. The number of carbonyl (C=O) groups is 1. The summed E-state index contributed by atoms with van der Waals surface area (Å²) in [6, 6.07) is 11.7. The molecule has 154 valence electrons. The molecule has 1 amide bonds. The fraction of sp³-hybridized carbons (Fsp3) is 0.238. The summed E-state index contributed by atoms with van der Waals surface area (Å²) in [5.41, 5.74) is 2.36. The number of thiazole rings is 1. The van der Waals surface area contributed by atoms with Crippen molar-refractivity contribution in [3.8, 4) is 0 Å². The van der Waals surface area contributed by atoms with Crippen molar-refractivity contribution < 1.29 is 9.72 Å². The van der Waals surface area contributed by atoms with Gasteiger partial charge in [-0.15, -0.1) is 0 Å². The largest absolute Gasteiger partial charge is 0.345 e. The maximum atomic E-state index is 12.2. The zero-order valence-corrected chi connectivity index (χ0v) is 17.3. The van der Waals surface area contributed by atoms with Crippen molar-refractivity contribution in [3.63, 3.8) is 0 Å². The van der Waals surface area contributed by atoms with E-state index in [-0.39, 0.29) is 11.6 Å². The average molecular weight is 423 g/mol. The highest BCUT2D eigenvalue weighted by molar-refractivity contribution is 7.22. The molecule has 0 radical (unpaired) electrons. The normalized spacial score (nSPS) is 15.0. The van der Waals surface area contributed by atoms with Crippen LogP contribution < -0.4 is 10.2 Å². The van der Waals surface area contributed by atoms with Gasteiger partial charge in [0.15, 0.2) is 5.13 Å². The number of hydrogen-bond donors (Lipinski definition) is 1. The van der Waals surface area contributed by atoms with Crippen LogP contribution in [0.3, 0.4) is 0 Å². The minimum absolute atomic E-state index is 0.0189. The van der Waals surface area contributed by atoms with Gasteiger partial charge < -0.3 is 15.1 Å². The lowest BCUT2D eigenvalue weighted by Gasteiger charge is -2.31. The number of fused-ring (bicyclic) bond motifs is 1. The second kappa shape index (κ2) is 8.60. The molecule has 1 aliphatic rings. The molecule has 0 bridgehead atoms. The number of likely N-dealkylation sites (N-methyl/N-ethyl adjacent to an activating group) is 1. The van der Waals surface area contributed by atoms with Crippen molar-refractivity contribution in [1.29, 1.82) is 0 Å². The summed E-state index contributed by atoms with van der Waals surface area (Å²) in [5.74, 6) is -0.267. The number of nitro benzene ring substituents is 1.